The fourth-order valence-corrected chi connectivity index (χ4v) is 3.12. The predicted molar refractivity (Wildman–Crippen MR) is 83.5 cm³/mol. The number of H-pyrrole nitrogens is 1. The summed E-state index contributed by atoms with van der Waals surface area (Å²) in [6.45, 7) is 1.75. The van der Waals surface area contributed by atoms with Crippen LogP contribution in [0.2, 0.25) is 0 Å². The lowest BCUT2D eigenvalue weighted by Gasteiger charge is -2.07. The molecule has 3 aromatic rings. The fourth-order valence-electron chi connectivity index (χ4n) is 2.29. The number of nitrogens with one attached hydrogen (secondary N) is 1. The van der Waals surface area contributed by atoms with Gasteiger partial charge >= 0.3 is 0 Å². The number of benzene rings is 1. The maximum Gasteiger partial charge on any atom is 0.190 e. The highest BCUT2D eigenvalue weighted by molar-refractivity contribution is 7.10. The number of rotatable bonds is 4. The summed E-state index contributed by atoms with van der Waals surface area (Å²) in [7, 11) is 0. The molecule has 0 fully saturated rings. The molecule has 5 nitrogen and oxygen atoms in total. The van der Waals surface area contributed by atoms with E-state index in [-0.39, 0.29) is 16.8 Å². The monoisotopic (exact) mass is 344 g/mol. The number of thiazole rings is 1. The number of hydrogen-bond donors (Lipinski definition) is 1. The summed E-state index contributed by atoms with van der Waals surface area (Å²) in [5.74, 6) is -3.42. The van der Waals surface area contributed by atoms with Crippen molar-refractivity contribution in [3.05, 3.63) is 57.7 Å². The molecule has 0 aliphatic rings. The topological polar surface area (TPSA) is 82.4 Å². The highest BCUT2D eigenvalue weighted by atomic mass is 32.1. The van der Waals surface area contributed by atoms with Gasteiger partial charge < -0.3 is 0 Å². The van der Waals surface area contributed by atoms with E-state index in [0.29, 0.717) is 10.7 Å². The molecule has 0 amide bonds. The SMILES string of the molecule is Cc1csc(C(C#N)C(=O)c2cn[nH]c2-c2c(F)cccc2F)n1. The van der Waals surface area contributed by atoms with Crippen LogP contribution in [-0.2, 0) is 0 Å². The van der Waals surface area contributed by atoms with Gasteiger partial charge in [0.1, 0.15) is 16.6 Å². The summed E-state index contributed by atoms with van der Waals surface area (Å²) in [5.41, 5.74) is 0.156. The first-order chi connectivity index (χ1) is 11.5. The number of nitrogens with zero attached hydrogens (tertiary/aromatic N) is 3. The Morgan fingerprint density at radius 1 is 1.38 bits per heavy atom. The largest absolute Gasteiger partial charge is 0.292 e. The molecule has 0 aliphatic carbocycles. The first kappa shape index (κ1) is 16.0. The Kier molecular flexibility index (Phi) is 4.18. The predicted octanol–water partition coefficient (Wildman–Crippen LogP) is 3.61. The van der Waals surface area contributed by atoms with Gasteiger partial charge in [-0.2, -0.15) is 10.4 Å². The Balaban J connectivity index is 2.07. The van der Waals surface area contributed by atoms with Crippen molar-refractivity contribution in [2.45, 2.75) is 12.8 Å². The Morgan fingerprint density at radius 3 is 2.67 bits per heavy atom. The quantitative estimate of drug-likeness (QED) is 0.733. The summed E-state index contributed by atoms with van der Waals surface area (Å²) in [5, 5.41) is 17.6. The zero-order valence-corrected chi connectivity index (χ0v) is 13.2. The van der Waals surface area contributed by atoms with E-state index in [0.717, 1.165) is 18.3 Å². The van der Waals surface area contributed by atoms with Crippen molar-refractivity contribution >= 4 is 17.1 Å². The minimum Gasteiger partial charge on any atom is -0.292 e. The molecule has 1 N–H and O–H groups in total. The van der Waals surface area contributed by atoms with E-state index in [2.05, 4.69) is 15.2 Å². The number of Topliss-reactive ketones (excluding diaryl/α,β-unsaturated/α-hetero) is 1. The Hall–Kier alpha value is -2.92. The average Bonchev–Trinajstić information content (AvgIpc) is 3.17. The van der Waals surface area contributed by atoms with Crippen molar-refractivity contribution in [2.24, 2.45) is 0 Å². The van der Waals surface area contributed by atoms with Gasteiger partial charge in [0.25, 0.3) is 0 Å². The fraction of sp³-hybridized carbons (Fsp3) is 0.125. The maximum absolute atomic E-state index is 14.0. The van der Waals surface area contributed by atoms with Gasteiger partial charge in [0.2, 0.25) is 0 Å². The molecule has 0 radical (unpaired) electrons. The van der Waals surface area contributed by atoms with Crippen LogP contribution in [0.15, 0.2) is 29.8 Å². The lowest BCUT2D eigenvalue weighted by Crippen LogP contribution is -2.12. The molecule has 24 heavy (non-hydrogen) atoms. The minimum atomic E-state index is -1.16. The Labute approximate surface area is 139 Å². The van der Waals surface area contributed by atoms with E-state index < -0.39 is 23.3 Å². The van der Waals surface area contributed by atoms with E-state index in [1.165, 1.54) is 17.4 Å². The van der Waals surface area contributed by atoms with Crippen LogP contribution >= 0.6 is 11.3 Å². The number of halogens is 2. The third-order valence-electron chi connectivity index (χ3n) is 3.39. The molecule has 120 valence electrons. The first-order valence-corrected chi connectivity index (χ1v) is 7.74. The number of aromatic nitrogens is 3. The molecular formula is C16H10F2N4OS. The van der Waals surface area contributed by atoms with Crippen LogP contribution < -0.4 is 0 Å². The van der Waals surface area contributed by atoms with E-state index in [1.807, 2.05) is 6.07 Å². The molecule has 0 aliphatic heterocycles. The normalized spacial score (nSPS) is 11.9. The second-order valence-corrected chi connectivity index (χ2v) is 5.90. The molecule has 1 atom stereocenters. The van der Waals surface area contributed by atoms with Crippen molar-refractivity contribution in [3.8, 4) is 17.3 Å². The van der Waals surface area contributed by atoms with Gasteiger partial charge in [0, 0.05) is 11.1 Å². The van der Waals surface area contributed by atoms with Gasteiger partial charge in [0.05, 0.1) is 29.1 Å². The minimum absolute atomic E-state index is 0.0570. The van der Waals surface area contributed by atoms with Gasteiger partial charge in [-0.05, 0) is 19.1 Å². The smallest absolute Gasteiger partial charge is 0.190 e. The van der Waals surface area contributed by atoms with Crippen LogP contribution in [0, 0.1) is 29.9 Å². The van der Waals surface area contributed by atoms with E-state index in [1.54, 1.807) is 12.3 Å². The molecule has 2 heterocycles. The van der Waals surface area contributed by atoms with Crippen LogP contribution in [0.3, 0.4) is 0 Å². The second-order valence-electron chi connectivity index (χ2n) is 5.01. The molecule has 2 aromatic heterocycles. The van der Waals surface area contributed by atoms with Crippen molar-refractivity contribution in [1.82, 2.24) is 15.2 Å². The lowest BCUT2D eigenvalue weighted by atomic mass is 9.96. The molecule has 0 spiro atoms. The van der Waals surface area contributed by atoms with Crippen LogP contribution in [0.25, 0.3) is 11.3 Å². The zero-order valence-electron chi connectivity index (χ0n) is 12.4. The van der Waals surface area contributed by atoms with Crippen molar-refractivity contribution in [3.63, 3.8) is 0 Å². The van der Waals surface area contributed by atoms with Gasteiger partial charge in [-0.25, -0.2) is 13.8 Å². The van der Waals surface area contributed by atoms with Gasteiger partial charge in [0.15, 0.2) is 11.7 Å². The summed E-state index contributed by atoms with van der Waals surface area (Å²) < 4.78 is 28.0. The van der Waals surface area contributed by atoms with Gasteiger partial charge in [-0.1, -0.05) is 6.07 Å². The molecule has 8 heteroatoms. The second kappa shape index (κ2) is 6.29. The summed E-state index contributed by atoms with van der Waals surface area (Å²) in [6.07, 6.45) is 1.16. The number of aryl methyl sites for hydroxylation is 1. The van der Waals surface area contributed by atoms with E-state index in [9.17, 15) is 18.8 Å². The van der Waals surface area contributed by atoms with Gasteiger partial charge in [-0.3, -0.25) is 9.89 Å². The molecular weight excluding hydrogens is 334 g/mol. The third-order valence-corrected chi connectivity index (χ3v) is 4.42. The summed E-state index contributed by atoms with van der Waals surface area (Å²) in [4.78, 5) is 16.8. The highest BCUT2D eigenvalue weighted by Gasteiger charge is 2.29. The average molecular weight is 344 g/mol. The molecule has 0 bridgehead atoms. The maximum atomic E-state index is 14.0. The number of aromatic amines is 1. The van der Waals surface area contributed by atoms with E-state index in [4.69, 9.17) is 0 Å². The summed E-state index contributed by atoms with van der Waals surface area (Å²) >= 11 is 1.18. The van der Waals surface area contributed by atoms with Crippen LogP contribution in [0.1, 0.15) is 27.0 Å². The third kappa shape index (κ3) is 2.70. The molecule has 0 saturated heterocycles. The number of carbonyl (C=O) groups is 1. The van der Waals surface area contributed by atoms with Crippen LogP contribution in [-0.4, -0.2) is 21.0 Å². The van der Waals surface area contributed by atoms with Crippen LogP contribution in [0.4, 0.5) is 8.78 Å². The summed E-state index contributed by atoms with van der Waals surface area (Å²) in [6, 6.07) is 5.29. The van der Waals surface area contributed by atoms with Crippen molar-refractivity contribution < 1.29 is 13.6 Å². The first-order valence-electron chi connectivity index (χ1n) is 6.86. The zero-order chi connectivity index (χ0) is 17.3. The molecule has 1 aromatic carbocycles. The number of hydrogen-bond acceptors (Lipinski definition) is 5. The van der Waals surface area contributed by atoms with E-state index >= 15 is 0 Å². The number of carbonyl (C=O) groups excluding carboxylic acids is 1. The molecule has 0 saturated carbocycles. The standard InChI is InChI=1S/C16H10F2N4OS/c1-8-7-24-16(21-8)9(5-19)15(23)10-6-20-22-14(10)13-11(17)3-2-4-12(13)18/h2-4,6-7,9H,1H3,(H,20,22). The Bertz CT molecular complexity index is 937. The van der Waals surface area contributed by atoms with Crippen molar-refractivity contribution in [2.75, 3.05) is 0 Å². The molecule has 3 rings (SSSR count). The van der Waals surface area contributed by atoms with Crippen molar-refractivity contribution in [1.29, 1.82) is 5.26 Å². The number of ketones is 1. The Morgan fingerprint density at radius 2 is 2.08 bits per heavy atom. The number of nitriles is 1. The molecule has 1 unspecified atom stereocenters. The highest BCUT2D eigenvalue weighted by Crippen LogP contribution is 2.31. The van der Waals surface area contributed by atoms with Gasteiger partial charge in [-0.15, -0.1) is 11.3 Å². The lowest BCUT2D eigenvalue weighted by molar-refractivity contribution is 0.0979. The van der Waals surface area contributed by atoms with Crippen LogP contribution in [0.5, 0.6) is 0 Å².